The van der Waals surface area contributed by atoms with Gasteiger partial charge in [0.1, 0.15) is 0 Å². The number of alkyl carbamates (subject to hydrolysis) is 1. The van der Waals surface area contributed by atoms with E-state index in [9.17, 15) is 9.59 Å². The summed E-state index contributed by atoms with van der Waals surface area (Å²) in [6.07, 6.45) is 1.98. The largest absolute Gasteiger partial charge is 0.453 e. The van der Waals surface area contributed by atoms with Gasteiger partial charge in [0.05, 0.1) is 7.11 Å². The van der Waals surface area contributed by atoms with Crippen molar-refractivity contribution in [3.8, 4) is 0 Å². The van der Waals surface area contributed by atoms with Gasteiger partial charge in [-0.3, -0.25) is 4.79 Å². The van der Waals surface area contributed by atoms with Crippen LogP contribution < -0.4 is 5.32 Å². The molecule has 0 saturated carbocycles. The van der Waals surface area contributed by atoms with Crippen LogP contribution in [0.2, 0.25) is 0 Å². The van der Waals surface area contributed by atoms with E-state index in [-0.39, 0.29) is 11.9 Å². The lowest BCUT2D eigenvalue weighted by molar-refractivity contribution is -0.133. The van der Waals surface area contributed by atoms with E-state index in [1.165, 1.54) is 7.11 Å². The Balaban J connectivity index is 2.43. The number of nitrogens with one attached hydrogen (secondary N) is 1. The fourth-order valence-corrected chi connectivity index (χ4v) is 2.03. The molecule has 1 atom stereocenters. The van der Waals surface area contributed by atoms with Gasteiger partial charge in [-0.1, -0.05) is 13.8 Å². The van der Waals surface area contributed by atoms with E-state index < -0.39 is 6.09 Å². The van der Waals surface area contributed by atoms with Crippen molar-refractivity contribution in [2.45, 2.75) is 39.2 Å². The highest BCUT2D eigenvalue weighted by Crippen LogP contribution is 2.13. The topological polar surface area (TPSA) is 58.6 Å². The average Bonchev–Trinajstić information content (AvgIpc) is 2.28. The summed E-state index contributed by atoms with van der Waals surface area (Å²) in [7, 11) is 1.35. The van der Waals surface area contributed by atoms with Crippen molar-refractivity contribution in [2.75, 3.05) is 20.2 Å². The number of carbonyl (C=O) groups is 2. The van der Waals surface area contributed by atoms with Crippen molar-refractivity contribution in [1.82, 2.24) is 10.2 Å². The number of ether oxygens (including phenoxy) is 1. The molecular formula is C12H22N2O3. The lowest BCUT2D eigenvalue weighted by Crippen LogP contribution is -2.49. The summed E-state index contributed by atoms with van der Waals surface area (Å²) < 4.78 is 4.56. The second kappa shape index (κ2) is 6.47. The second-order valence-electron chi connectivity index (χ2n) is 4.91. The van der Waals surface area contributed by atoms with Crippen molar-refractivity contribution in [2.24, 2.45) is 5.92 Å². The SMILES string of the molecule is COC(=O)NC1CCCN(C(=O)CC(C)C)C1. The number of methoxy groups -OCH3 is 1. The molecule has 0 spiro atoms. The van der Waals surface area contributed by atoms with Crippen LogP contribution in [0.15, 0.2) is 0 Å². The Labute approximate surface area is 102 Å². The Bertz CT molecular complexity index is 279. The molecule has 1 rings (SSSR count). The molecule has 5 heteroatoms. The van der Waals surface area contributed by atoms with E-state index in [4.69, 9.17) is 0 Å². The Morgan fingerprint density at radius 3 is 2.76 bits per heavy atom. The first-order chi connectivity index (χ1) is 8.02. The van der Waals surface area contributed by atoms with Gasteiger partial charge in [0, 0.05) is 25.6 Å². The number of likely N-dealkylation sites (tertiary alicyclic amines) is 1. The van der Waals surface area contributed by atoms with Crippen LogP contribution in [-0.2, 0) is 9.53 Å². The Morgan fingerprint density at radius 2 is 2.18 bits per heavy atom. The van der Waals surface area contributed by atoms with Crippen LogP contribution in [0.1, 0.15) is 33.1 Å². The number of carbonyl (C=O) groups excluding carboxylic acids is 2. The first kappa shape index (κ1) is 13.8. The minimum Gasteiger partial charge on any atom is -0.453 e. The summed E-state index contributed by atoms with van der Waals surface area (Å²) >= 11 is 0. The first-order valence-electron chi connectivity index (χ1n) is 6.15. The lowest BCUT2D eigenvalue weighted by atomic mass is 10.0. The third kappa shape index (κ3) is 4.63. The van der Waals surface area contributed by atoms with Gasteiger partial charge in [0.15, 0.2) is 0 Å². The van der Waals surface area contributed by atoms with Crippen LogP contribution in [-0.4, -0.2) is 43.1 Å². The molecule has 1 unspecified atom stereocenters. The van der Waals surface area contributed by atoms with Gasteiger partial charge in [-0.25, -0.2) is 4.79 Å². The standard InChI is InChI=1S/C12H22N2O3/c1-9(2)7-11(15)14-6-4-5-10(8-14)13-12(16)17-3/h9-10H,4-8H2,1-3H3,(H,13,16). The minimum atomic E-state index is -0.423. The summed E-state index contributed by atoms with van der Waals surface area (Å²) in [6, 6.07) is 0.0207. The van der Waals surface area contributed by atoms with E-state index in [0.717, 1.165) is 19.4 Å². The number of hydrogen-bond acceptors (Lipinski definition) is 3. The number of amides is 2. The third-order valence-corrected chi connectivity index (χ3v) is 2.86. The zero-order valence-electron chi connectivity index (χ0n) is 10.9. The molecule has 0 aromatic rings. The number of rotatable bonds is 3. The van der Waals surface area contributed by atoms with E-state index in [0.29, 0.717) is 18.9 Å². The van der Waals surface area contributed by atoms with E-state index in [2.05, 4.69) is 10.1 Å². The molecule has 17 heavy (non-hydrogen) atoms. The van der Waals surface area contributed by atoms with Gasteiger partial charge in [0.25, 0.3) is 0 Å². The maximum Gasteiger partial charge on any atom is 0.407 e. The zero-order chi connectivity index (χ0) is 12.8. The van der Waals surface area contributed by atoms with Crippen molar-refractivity contribution >= 4 is 12.0 Å². The normalized spacial score (nSPS) is 20.2. The van der Waals surface area contributed by atoms with E-state index in [1.807, 2.05) is 18.7 Å². The van der Waals surface area contributed by atoms with Gasteiger partial charge in [-0.15, -0.1) is 0 Å². The molecule has 0 aromatic carbocycles. The van der Waals surface area contributed by atoms with Crippen molar-refractivity contribution in [1.29, 1.82) is 0 Å². The Kier molecular flexibility index (Phi) is 5.25. The maximum absolute atomic E-state index is 11.9. The maximum atomic E-state index is 11.9. The Hall–Kier alpha value is -1.26. The van der Waals surface area contributed by atoms with Crippen LogP contribution in [0.5, 0.6) is 0 Å². The quantitative estimate of drug-likeness (QED) is 0.813. The van der Waals surface area contributed by atoms with Crippen LogP contribution in [0.25, 0.3) is 0 Å². The lowest BCUT2D eigenvalue weighted by Gasteiger charge is -2.33. The molecule has 1 N–H and O–H groups in total. The van der Waals surface area contributed by atoms with Gasteiger partial charge < -0.3 is 15.0 Å². The van der Waals surface area contributed by atoms with Gasteiger partial charge in [0.2, 0.25) is 5.91 Å². The molecule has 0 radical (unpaired) electrons. The van der Waals surface area contributed by atoms with Crippen molar-refractivity contribution in [3.05, 3.63) is 0 Å². The summed E-state index contributed by atoms with van der Waals surface area (Å²) in [5.74, 6) is 0.549. The average molecular weight is 242 g/mol. The first-order valence-corrected chi connectivity index (χ1v) is 6.15. The van der Waals surface area contributed by atoms with Gasteiger partial charge >= 0.3 is 6.09 Å². The molecule has 1 fully saturated rings. The number of hydrogen-bond donors (Lipinski definition) is 1. The number of nitrogens with zero attached hydrogens (tertiary/aromatic N) is 1. The van der Waals surface area contributed by atoms with Crippen LogP contribution >= 0.6 is 0 Å². The molecule has 98 valence electrons. The van der Waals surface area contributed by atoms with Crippen molar-refractivity contribution in [3.63, 3.8) is 0 Å². The Morgan fingerprint density at radius 1 is 1.47 bits per heavy atom. The molecule has 1 heterocycles. The predicted molar refractivity (Wildman–Crippen MR) is 64.6 cm³/mol. The predicted octanol–water partition coefficient (Wildman–Crippen LogP) is 1.38. The minimum absolute atomic E-state index is 0.0207. The highest BCUT2D eigenvalue weighted by atomic mass is 16.5. The van der Waals surface area contributed by atoms with Crippen molar-refractivity contribution < 1.29 is 14.3 Å². The van der Waals surface area contributed by atoms with Gasteiger partial charge in [-0.05, 0) is 18.8 Å². The van der Waals surface area contributed by atoms with E-state index in [1.54, 1.807) is 0 Å². The van der Waals surface area contributed by atoms with Gasteiger partial charge in [-0.2, -0.15) is 0 Å². The summed E-state index contributed by atoms with van der Waals surface area (Å²) in [6.45, 7) is 5.46. The summed E-state index contributed by atoms with van der Waals surface area (Å²) in [4.78, 5) is 24.8. The molecule has 1 aliphatic heterocycles. The van der Waals surface area contributed by atoms with Crippen LogP contribution in [0, 0.1) is 5.92 Å². The van der Waals surface area contributed by atoms with E-state index >= 15 is 0 Å². The molecule has 2 amide bonds. The smallest absolute Gasteiger partial charge is 0.407 e. The third-order valence-electron chi connectivity index (χ3n) is 2.86. The fourth-order valence-electron chi connectivity index (χ4n) is 2.03. The molecular weight excluding hydrogens is 220 g/mol. The van der Waals surface area contributed by atoms with Crippen LogP contribution in [0.4, 0.5) is 4.79 Å². The molecule has 1 saturated heterocycles. The highest BCUT2D eigenvalue weighted by Gasteiger charge is 2.24. The number of piperidine rings is 1. The molecule has 0 aliphatic carbocycles. The molecule has 5 nitrogen and oxygen atoms in total. The molecule has 1 aliphatic rings. The highest BCUT2D eigenvalue weighted by molar-refractivity contribution is 5.76. The summed E-state index contributed by atoms with van der Waals surface area (Å²) in [5, 5.41) is 2.75. The fraction of sp³-hybridized carbons (Fsp3) is 0.833. The zero-order valence-corrected chi connectivity index (χ0v) is 10.9. The van der Waals surface area contributed by atoms with Crippen LogP contribution in [0.3, 0.4) is 0 Å². The second-order valence-corrected chi connectivity index (χ2v) is 4.91. The summed E-state index contributed by atoms with van der Waals surface area (Å²) in [5.41, 5.74) is 0. The molecule has 0 aromatic heterocycles. The monoisotopic (exact) mass is 242 g/mol. The molecule has 0 bridgehead atoms.